The number of carbonyl (C=O) groups excluding carboxylic acids is 2. The summed E-state index contributed by atoms with van der Waals surface area (Å²) in [6.07, 6.45) is 15.1. The monoisotopic (exact) mass is 477 g/mol. The van der Waals surface area contributed by atoms with Crippen LogP contribution in [-0.4, -0.2) is 44.8 Å². The number of carbonyl (C=O) groups is 2. The van der Waals surface area contributed by atoms with E-state index in [0.29, 0.717) is 6.54 Å². The van der Waals surface area contributed by atoms with Crippen LogP contribution in [0.2, 0.25) is 0 Å². The van der Waals surface area contributed by atoms with E-state index in [-0.39, 0.29) is 13.2 Å². The third-order valence-electron chi connectivity index (χ3n) is 5.99. The van der Waals surface area contributed by atoms with Crippen LogP contribution >= 0.6 is 0 Å². The van der Waals surface area contributed by atoms with Gasteiger partial charge in [0.05, 0.1) is 20.3 Å². The van der Waals surface area contributed by atoms with Crippen molar-refractivity contribution in [3.8, 4) is 5.75 Å². The van der Waals surface area contributed by atoms with Crippen molar-refractivity contribution in [3.63, 3.8) is 0 Å². The Balaban J connectivity index is 2.62. The Morgan fingerprint density at radius 2 is 1.15 bits per heavy atom. The Labute approximate surface area is 207 Å². The lowest BCUT2D eigenvalue weighted by atomic mass is 10.0. The highest BCUT2D eigenvalue weighted by Gasteiger charge is 2.35. The van der Waals surface area contributed by atoms with Gasteiger partial charge in [0, 0.05) is 12.2 Å². The van der Waals surface area contributed by atoms with Crippen LogP contribution in [0.4, 0.5) is 5.69 Å². The first-order chi connectivity index (χ1) is 16.6. The Hall–Kier alpha value is -2.24. The van der Waals surface area contributed by atoms with Gasteiger partial charge >= 0.3 is 11.9 Å². The Morgan fingerprint density at radius 3 is 1.56 bits per heavy atom. The molecule has 6 nitrogen and oxygen atoms in total. The number of rotatable bonds is 20. The molecule has 0 spiro atoms. The maximum absolute atomic E-state index is 12.7. The average molecular weight is 478 g/mol. The molecule has 6 heteroatoms. The minimum absolute atomic E-state index is 0.212. The molecule has 0 radical (unpaired) electrons. The first-order valence-corrected chi connectivity index (χ1v) is 13.3. The highest BCUT2D eigenvalue weighted by molar-refractivity contribution is 6.02. The molecule has 0 aromatic heterocycles. The van der Waals surface area contributed by atoms with Gasteiger partial charge in [0.25, 0.3) is 0 Å². The molecule has 1 aromatic rings. The fourth-order valence-electron chi connectivity index (χ4n) is 4.10. The SMILES string of the molecule is CCCCCCCCCCCCCCN(c1ccc(OC)cc1)C(C(=O)OCC)C(=O)OCC. The first kappa shape index (κ1) is 29.8. The minimum Gasteiger partial charge on any atom is -0.497 e. The van der Waals surface area contributed by atoms with Crippen molar-refractivity contribution >= 4 is 17.6 Å². The molecule has 0 aliphatic carbocycles. The van der Waals surface area contributed by atoms with Crippen LogP contribution < -0.4 is 9.64 Å². The molecule has 0 fully saturated rings. The van der Waals surface area contributed by atoms with Crippen molar-refractivity contribution in [2.24, 2.45) is 0 Å². The van der Waals surface area contributed by atoms with E-state index in [9.17, 15) is 9.59 Å². The predicted octanol–water partition coefficient (Wildman–Crippen LogP) is 6.70. The Morgan fingerprint density at radius 1 is 0.706 bits per heavy atom. The van der Waals surface area contributed by atoms with Gasteiger partial charge in [0.15, 0.2) is 0 Å². The van der Waals surface area contributed by atoms with E-state index in [1.807, 2.05) is 29.2 Å². The lowest BCUT2D eigenvalue weighted by molar-refractivity contribution is -0.156. The van der Waals surface area contributed by atoms with Crippen LogP contribution in [0.5, 0.6) is 5.75 Å². The molecule has 34 heavy (non-hydrogen) atoms. The van der Waals surface area contributed by atoms with Gasteiger partial charge < -0.3 is 19.1 Å². The second-order valence-electron chi connectivity index (χ2n) is 8.69. The highest BCUT2D eigenvalue weighted by Crippen LogP contribution is 2.23. The van der Waals surface area contributed by atoms with Crippen LogP contribution in [-0.2, 0) is 19.1 Å². The highest BCUT2D eigenvalue weighted by atomic mass is 16.6. The van der Waals surface area contributed by atoms with Crippen LogP contribution in [0.1, 0.15) is 97.8 Å². The van der Waals surface area contributed by atoms with Gasteiger partial charge in [0.1, 0.15) is 5.75 Å². The molecule has 0 aliphatic heterocycles. The second kappa shape index (κ2) is 19.1. The summed E-state index contributed by atoms with van der Waals surface area (Å²) in [7, 11) is 1.61. The Kier molecular flexibility index (Phi) is 16.7. The zero-order valence-electron chi connectivity index (χ0n) is 22.0. The van der Waals surface area contributed by atoms with Crippen molar-refractivity contribution < 1.29 is 23.8 Å². The quantitative estimate of drug-likeness (QED) is 0.118. The zero-order valence-corrected chi connectivity index (χ0v) is 22.0. The molecule has 1 rings (SSSR count). The molecule has 0 saturated heterocycles. The minimum atomic E-state index is -1.11. The van der Waals surface area contributed by atoms with Crippen LogP contribution in [0.25, 0.3) is 0 Å². The molecule has 0 bridgehead atoms. The van der Waals surface area contributed by atoms with E-state index in [4.69, 9.17) is 14.2 Å². The third kappa shape index (κ3) is 11.8. The molecule has 0 atom stereocenters. The van der Waals surface area contributed by atoms with Crippen molar-refractivity contribution in [2.75, 3.05) is 31.8 Å². The van der Waals surface area contributed by atoms with E-state index < -0.39 is 18.0 Å². The molecule has 1 aromatic carbocycles. The second-order valence-corrected chi connectivity index (χ2v) is 8.69. The van der Waals surface area contributed by atoms with Crippen LogP contribution in [0.15, 0.2) is 24.3 Å². The van der Waals surface area contributed by atoms with Crippen LogP contribution in [0, 0.1) is 0 Å². The molecule has 0 aliphatic rings. The van der Waals surface area contributed by atoms with Gasteiger partial charge in [-0.1, -0.05) is 77.6 Å². The van der Waals surface area contributed by atoms with Gasteiger partial charge in [-0.3, -0.25) is 0 Å². The lowest BCUT2D eigenvalue weighted by Crippen LogP contribution is -2.49. The summed E-state index contributed by atoms with van der Waals surface area (Å²) < 4.78 is 15.7. The summed E-state index contributed by atoms with van der Waals surface area (Å²) >= 11 is 0. The fraction of sp³-hybridized carbons (Fsp3) is 0.714. The van der Waals surface area contributed by atoms with Gasteiger partial charge in [-0.2, -0.15) is 0 Å². The topological polar surface area (TPSA) is 65.1 Å². The predicted molar refractivity (Wildman–Crippen MR) is 138 cm³/mol. The number of anilines is 1. The van der Waals surface area contributed by atoms with Gasteiger partial charge in [-0.05, 0) is 44.5 Å². The van der Waals surface area contributed by atoms with E-state index >= 15 is 0 Å². The average Bonchev–Trinajstić information content (AvgIpc) is 2.84. The summed E-state index contributed by atoms with van der Waals surface area (Å²) in [5.41, 5.74) is 0.773. The fourth-order valence-corrected chi connectivity index (χ4v) is 4.10. The summed E-state index contributed by atoms with van der Waals surface area (Å²) in [5.74, 6) is -0.427. The summed E-state index contributed by atoms with van der Waals surface area (Å²) in [5, 5.41) is 0. The van der Waals surface area contributed by atoms with E-state index in [0.717, 1.165) is 30.7 Å². The van der Waals surface area contributed by atoms with E-state index in [1.54, 1.807) is 21.0 Å². The van der Waals surface area contributed by atoms with Gasteiger partial charge in [0.2, 0.25) is 6.04 Å². The summed E-state index contributed by atoms with van der Waals surface area (Å²) in [4.78, 5) is 27.3. The van der Waals surface area contributed by atoms with Crippen molar-refractivity contribution in [1.29, 1.82) is 0 Å². The molecule has 0 unspecified atom stereocenters. The Bertz CT molecular complexity index is 643. The first-order valence-electron chi connectivity index (χ1n) is 13.3. The summed E-state index contributed by atoms with van der Waals surface area (Å²) in [6.45, 7) is 6.73. The maximum Gasteiger partial charge on any atom is 0.340 e. The third-order valence-corrected chi connectivity index (χ3v) is 5.99. The van der Waals surface area contributed by atoms with Crippen molar-refractivity contribution in [3.05, 3.63) is 24.3 Å². The number of unbranched alkanes of at least 4 members (excludes halogenated alkanes) is 11. The van der Waals surface area contributed by atoms with Gasteiger partial charge in [-0.25, -0.2) is 9.59 Å². The van der Waals surface area contributed by atoms with Crippen LogP contribution in [0.3, 0.4) is 0 Å². The number of methoxy groups -OCH3 is 1. The molecule has 194 valence electrons. The molecule has 0 saturated carbocycles. The molecular formula is C28H47NO5. The number of hydrogen-bond donors (Lipinski definition) is 0. The van der Waals surface area contributed by atoms with Crippen molar-refractivity contribution in [1.82, 2.24) is 0 Å². The maximum atomic E-state index is 12.7. The zero-order chi connectivity index (χ0) is 25.0. The summed E-state index contributed by atoms with van der Waals surface area (Å²) in [6, 6.07) is 6.28. The standard InChI is InChI=1S/C28H47NO5/c1-5-8-9-10-11-12-13-14-15-16-17-18-23-29(24-19-21-25(32-4)22-20-24)26(27(30)33-6-2)28(31)34-7-3/h19-22,26H,5-18,23H2,1-4H3. The van der Waals surface area contributed by atoms with E-state index in [1.165, 1.54) is 57.8 Å². The lowest BCUT2D eigenvalue weighted by Gasteiger charge is -2.30. The smallest absolute Gasteiger partial charge is 0.340 e. The number of esters is 2. The van der Waals surface area contributed by atoms with Gasteiger partial charge in [-0.15, -0.1) is 0 Å². The molecule has 0 heterocycles. The van der Waals surface area contributed by atoms with E-state index in [2.05, 4.69) is 6.92 Å². The number of ether oxygens (including phenoxy) is 3. The largest absolute Gasteiger partial charge is 0.497 e. The number of hydrogen-bond acceptors (Lipinski definition) is 6. The molecular weight excluding hydrogens is 430 g/mol. The number of benzene rings is 1. The molecule has 0 amide bonds. The van der Waals surface area contributed by atoms with Crippen molar-refractivity contribution in [2.45, 2.75) is 104 Å². The number of nitrogens with zero attached hydrogens (tertiary/aromatic N) is 1. The normalized spacial score (nSPS) is 10.9. The molecule has 0 N–H and O–H groups in total.